The highest BCUT2D eigenvalue weighted by atomic mass is 35.5. The number of fused-ring (bicyclic) bond motifs is 5. The first-order valence-corrected chi connectivity index (χ1v) is 16.8. The number of benzene rings is 1. The Balaban J connectivity index is 1.22. The molecule has 1 aromatic rings. The van der Waals surface area contributed by atoms with Gasteiger partial charge in [0, 0.05) is 12.3 Å². The first-order chi connectivity index (χ1) is 20.2. The largest absolute Gasteiger partial charge is 0.506 e. The summed E-state index contributed by atoms with van der Waals surface area (Å²) in [6.07, 6.45) is 3.08. The molecule has 3 aliphatic carbocycles. The quantitative estimate of drug-likeness (QED) is 0.162. The average Bonchev–Trinajstić information content (AvgIpc) is 3.22. The minimum Gasteiger partial charge on any atom is -0.506 e. The Morgan fingerprint density at radius 3 is 2.26 bits per heavy atom. The summed E-state index contributed by atoms with van der Waals surface area (Å²) < 4.78 is 78.8. The van der Waals surface area contributed by atoms with E-state index >= 15 is 4.39 Å². The minimum atomic E-state index is -5.46. The second-order valence-electron chi connectivity index (χ2n) is 14.2. The maximum absolute atomic E-state index is 16.1. The zero-order valence-electron chi connectivity index (χ0n) is 26.0. The van der Waals surface area contributed by atoms with Gasteiger partial charge in [-0.15, -0.1) is 0 Å². The summed E-state index contributed by atoms with van der Waals surface area (Å²) in [6, 6.07) is 3.55. The lowest BCUT2D eigenvalue weighted by Crippen LogP contribution is -2.50. The molecule has 6 unspecified atom stereocenters. The molecule has 0 heterocycles. The first kappa shape index (κ1) is 34.7. The lowest BCUT2D eigenvalue weighted by atomic mass is 9.50. The molecule has 43 heavy (non-hydrogen) atoms. The monoisotopic (exact) mass is 637 g/mol. The van der Waals surface area contributed by atoms with Gasteiger partial charge >= 0.3 is 12.1 Å². The summed E-state index contributed by atoms with van der Waals surface area (Å²) in [5.41, 5.74) is 1.99. The lowest BCUT2D eigenvalue weighted by molar-refractivity contribution is -0.284. The van der Waals surface area contributed by atoms with Crippen molar-refractivity contribution in [1.82, 2.24) is 4.90 Å². The molecule has 7 atom stereocenters. The number of halogens is 7. The third-order valence-electron chi connectivity index (χ3n) is 11.5. The molecule has 4 rings (SSSR count). The van der Waals surface area contributed by atoms with Crippen molar-refractivity contribution in [3.05, 3.63) is 28.3 Å². The van der Waals surface area contributed by atoms with E-state index in [1.54, 1.807) is 6.07 Å². The molecule has 9 heteroatoms. The van der Waals surface area contributed by atoms with E-state index in [-0.39, 0.29) is 23.5 Å². The van der Waals surface area contributed by atoms with E-state index in [4.69, 9.17) is 11.6 Å². The predicted molar refractivity (Wildman–Crippen MR) is 161 cm³/mol. The normalized spacial score (nSPS) is 30.8. The van der Waals surface area contributed by atoms with Crippen LogP contribution in [0.25, 0.3) is 0 Å². The summed E-state index contributed by atoms with van der Waals surface area (Å²) >= 11 is 6.60. The zero-order valence-corrected chi connectivity index (χ0v) is 26.7. The zero-order chi connectivity index (χ0) is 31.6. The first-order valence-electron chi connectivity index (χ1n) is 16.4. The van der Waals surface area contributed by atoms with Gasteiger partial charge in [0.15, 0.2) is 0 Å². The van der Waals surface area contributed by atoms with Crippen LogP contribution in [0.15, 0.2) is 12.1 Å². The second-order valence-corrected chi connectivity index (χ2v) is 14.6. The van der Waals surface area contributed by atoms with Gasteiger partial charge in [-0.25, -0.2) is 4.39 Å². The van der Waals surface area contributed by atoms with Crippen molar-refractivity contribution in [2.24, 2.45) is 29.1 Å². The molecule has 0 spiro atoms. The summed E-state index contributed by atoms with van der Waals surface area (Å²) in [5.74, 6) is -2.98. The minimum absolute atomic E-state index is 0.0356. The van der Waals surface area contributed by atoms with Crippen molar-refractivity contribution in [2.45, 2.75) is 128 Å². The van der Waals surface area contributed by atoms with Crippen molar-refractivity contribution in [1.29, 1.82) is 0 Å². The Bertz CT molecular complexity index is 1070. The Morgan fingerprint density at radius 2 is 1.58 bits per heavy atom. The van der Waals surface area contributed by atoms with Crippen molar-refractivity contribution < 1.29 is 31.4 Å². The van der Waals surface area contributed by atoms with Crippen LogP contribution >= 0.6 is 11.6 Å². The number of hydrogen-bond donors (Lipinski definition) is 1. The van der Waals surface area contributed by atoms with Gasteiger partial charge in [0.25, 0.3) is 0 Å². The Labute approximate surface area is 258 Å². The van der Waals surface area contributed by atoms with Crippen LogP contribution in [0.5, 0.6) is 5.75 Å². The van der Waals surface area contributed by atoms with Gasteiger partial charge in [-0.3, -0.25) is 0 Å². The number of phenolic OH excluding ortho intramolecular Hbond substituents is 1. The highest BCUT2D eigenvalue weighted by Crippen LogP contribution is 2.65. The van der Waals surface area contributed by atoms with Gasteiger partial charge < -0.3 is 10.0 Å². The van der Waals surface area contributed by atoms with E-state index in [0.29, 0.717) is 48.0 Å². The number of nitrogens with zero attached hydrogens (tertiary/aromatic N) is 1. The van der Waals surface area contributed by atoms with Crippen molar-refractivity contribution in [3.63, 3.8) is 0 Å². The average molecular weight is 638 g/mol. The van der Waals surface area contributed by atoms with Crippen LogP contribution in [0.2, 0.25) is 5.02 Å². The predicted octanol–water partition coefficient (Wildman–Crippen LogP) is 10.7. The SMILES string of the molecule is CC1CCC2C3C(c4ccc(O)c(Cl)c4C[C@H]3CCCCCN(C)CCCCCCCC(F)(F)C(F)(F)F)C(F)CC12C. The van der Waals surface area contributed by atoms with Crippen LogP contribution in [0.1, 0.15) is 114 Å². The molecular weight excluding hydrogens is 588 g/mol. The summed E-state index contributed by atoms with van der Waals surface area (Å²) in [6.45, 7) is 6.43. The number of aromatic hydroxyl groups is 1. The highest BCUT2D eigenvalue weighted by molar-refractivity contribution is 6.32. The molecule has 0 amide bonds. The maximum Gasteiger partial charge on any atom is 0.453 e. The van der Waals surface area contributed by atoms with Crippen molar-refractivity contribution >= 4 is 11.6 Å². The molecule has 3 aliphatic rings. The van der Waals surface area contributed by atoms with E-state index < -0.39 is 24.7 Å². The number of rotatable bonds is 14. The molecule has 0 aromatic heterocycles. The molecular formula is C34H50ClF6NO. The van der Waals surface area contributed by atoms with Gasteiger partial charge in [0.05, 0.1) is 5.02 Å². The highest BCUT2D eigenvalue weighted by Gasteiger charge is 2.59. The number of unbranched alkanes of at least 4 members (excludes halogenated alkanes) is 6. The van der Waals surface area contributed by atoms with Gasteiger partial charge in [0.1, 0.15) is 11.9 Å². The maximum atomic E-state index is 16.1. The Hall–Kier alpha value is -1.15. The van der Waals surface area contributed by atoms with E-state index in [2.05, 4.69) is 25.8 Å². The molecule has 0 saturated heterocycles. The summed E-state index contributed by atoms with van der Waals surface area (Å²) in [7, 11) is 2.06. The molecule has 0 aliphatic heterocycles. The lowest BCUT2D eigenvalue weighted by Gasteiger charge is -2.55. The van der Waals surface area contributed by atoms with Crippen LogP contribution < -0.4 is 0 Å². The number of phenols is 1. The Morgan fingerprint density at radius 1 is 0.953 bits per heavy atom. The van der Waals surface area contributed by atoms with E-state index in [9.17, 15) is 27.1 Å². The number of alkyl halides is 6. The van der Waals surface area contributed by atoms with Gasteiger partial charge in [-0.1, -0.05) is 63.6 Å². The molecule has 246 valence electrons. The van der Waals surface area contributed by atoms with Crippen LogP contribution in [0, 0.1) is 29.1 Å². The van der Waals surface area contributed by atoms with Gasteiger partial charge in [-0.2, -0.15) is 22.0 Å². The van der Waals surface area contributed by atoms with Crippen molar-refractivity contribution in [2.75, 3.05) is 20.1 Å². The molecule has 2 saturated carbocycles. The van der Waals surface area contributed by atoms with Crippen molar-refractivity contribution in [3.8, 4) is 5.75 Å². The summed E-state index contributed by atoms with van der Waals surface area (Å²) in [4.78, 5) is 2.26. The fourth-order valence-electron chi connectivity index (χ4n) is 8.82. The fourth-order valence-corrected chi connectivity index (χ4v) is 9.06. The smallest absolute Gasteiger partial charge is 0.453 e. The second kappa shape index (κ2) is 14.1. The molecule has 1 aromatic carbocycles. The summed E-state index contributed by atoms with van der Waals surface area (Å²) in [5, 5.41) is 10.7. The van der Waals surface area contributed by atoms with Crippen LogP contribution in [0.3, 0.4) is 0 Å². The van der Waals surface area contributed by atoms with Crippen LogP contribution in [-0.4, -0.2) is 48.4 Å². The van der Waals surface area contributed by atoms with E-state index in [0.717, 1.165) is 82.0 Å². The van der Waals surface area contributed by atoms with E-state index in [1.807, 2.05) is 6.07 Å². The van der Waals surface area contributed by atoms with Crippen LogP contribution in [-0.2, 0) is 6.42 Å². The molecule has 0 radical (unpaired) electrons. The Kier molecular flexibility index (Phi) is 11.4. The van der Waals surface area contributed by atoms with Gasteiger partial charge in [0.2, 0.25) is 0 Å². The topological polar surface area (TPSA) is 23.5 Å². The standard InChI is InChI=1S/C34H50ClF6NO/c1-22-13-15-26-29-23(20-25-24(14-16-28(43)31(25)35)30(29)27(36)21-32(22,26)2)12-8-7-11-19-42(3)18-10-6-4-5-9-17-33(37,38)34(39,40)41/h14,16,22-23,26-27,29-30,43H,4-13,15,17-21H2,1-3H3/t22?,23-,26?,27?,29?,30?,32?/m1/s1. The van der Waals surface area contributed by atoms with E-state index in [1.165, 1.54) is 0 Å². The third-order valence-corrected chi connectivity index (χ3v) is 11.9. The number of hydrogen-bond acceptors (Lipinski definition) is 2. The molecule has 2 nitrogen and oxygen atoms in total. The fraction of sp³-hybridized carbons (Fsp3) is 0.824. The van der Waals surface area contributed by atoms with Gasteiger partial charge in [-0.05, 0) is 118 Å². The third kappa shape index (κ3) is 7.64. The van der Waals surface area contributed by atoms with Crippen LogP contribution in [0.4, 0.5) is 26.3 Å². The molecule has 0 bridgehead atoms. The molecule has 2 fully saturated rings. The molecule has 1 N–H and O–H groups in total.